The summed E-state index contributed by atoms with van der Waals surface area (Å²) < 4.78 is 13.7. The summed E-state index contributed by atoms with van der Waals surface area (Å²) in [5, 5.41) is 0.261. The normalized spacial score (nSPS) is 18.2. The zero-order valence-corrected chi connectivity index (χ0v) is 22.6. The van der Waals surface area contributed by atoms with E-state index >= 15 is 0 Å². The number of methoxy groups -OCH3 is 1. The number of hydrogen-bond donors (Lipinski definition) is 0. The van der Waals surface area contributed by atoms with Crippen LogP contribution in [0.25, 0.3) is 16.7 Å². The van der Waals surface area contributed by atoms with Crippen LogP contribution in [0.4, 0.5) is 0 Å². The first kappa shape index (κ1) is 27.7. The third-order valence-corrected chi connectivity index (χ3v) is 7.39. The van der Waals surface area contributed by atoms with E-state index in [4.69, 9.17) is 14.5 Å². The summed E-state index contributed by atoms with van der Waals surface area (Å²) in [5.74, 6) is -0.371. The summed E-state index contributed by atoms with van der Waals surface area (Å²) in [6, 6.07) is 6.78. The molecule has 0 aromatic carbocycles. The highest BCUT2D eigenvalue weighted by Gasteiger charge is 2.27. The highest BCUT2D eigenvalue weighted by atomic mass is 16.5. The fraction of sp³-hybridized carbons (Fsp3) is 0.552. The van der Waals surface area contributed by atoms with Gasteiger partial charge in [0.05, 0.1) is 12.0 Å². The van der Waals surface area contributed by atoms with Gasteiger partial charge >= 0.3 is 5.97 Å². The maximum atomic E-state index is 13.5. The van der Waals surface area contributed by atoms with Crippen molar-refractivity contribution in [2.45, 2.75) is 71.8 Å². The molecule has 0 N–H and O–H groups in total. The van der Waals surface area contributed by atoms with Crippen molar-refractivity contribution in [2.24, 2.45) is 16.8 Å². The molecule has 1 aliphatic carbocycles. The molecule has 1 amide bonds. The van der Waals surface area contributed by atoms with Gasteiger partial charge in [0, 0.05) is 32.4 Å². The van der Waals surface area contributed by atoms with Gasteiger partial charge in [-0.05, 0) is 63.1 Å². The van der Waals surface area contributed by atoms with Crippen LogP contribution >= 0.6 is 0 Å². The van der Waals surface area contributed by atoms with Crippen LogP contribution in [0.2, 0.25) is 0 Å². The van der Waals surface area contributed by atoms with Crippen LogP contribution in [0, 0.1) is 11.8 Å². The molecule has 38 heavy (non-hydrogen) atoms. The molecule has 0 spiro atoms. The molecule has 1 saturated carbocycles. The molecule has 0 radical (unpaired) electrons. The lowest BCUT2D eigenvalue weighted by molar-refractivity contribution is -0.123. The minimum absolute atomic E-state index is 0.0940. The Labute approximate surface area is 222 Å². The SMILES string of the molecule is CCCCC1CCC(C(=O)N=c2c(C(=O)OCC)cc3c(=O)n4ccccc4nc3n2CCCOC)CC1. The number of unbranched alkanes of at least 4 members (excludes halogenated alkanes) is 1. The number of fused-ring (bicyclic) bond motifs is 2. The van der Waals surface area contributed by atoms with Crippen LogP contribution in [0.5, 0.6) is 0 Å². The van der Waals surface area contributed by atoms with E-state index in [1.807, 2.05) is 6.07 Å². The average molecular weight is 523 g/mol. The Morgan fingerprint density at radius 1 is 1.13 bits per heavy atom. The van der Waals surface area contributed by atoms with E-state index in [-0.39, 0.29) is 40.4 Å². The predicted molar refractivity (Wildman–Crippen MR) is 145 cm³/mol. The van der Waals surface area contributed by atoms with E-state index in [1.165, 1.54) is 29.7 Å². The standard InChI is InChI=1S/C29H38N4O5/c1-4-6-10-20-12-14-21(15-13-20)27(34)31-26-23(29(36)38-5-2)19-22-25(33(26)17-9-18-37-3)30-24-11-7-8-16-32(24)28(22)35/h7-8,11,16,19-21H,4-6,9-10,12-15,17-18H2,1-3H3. The maximum absolute atomic E-state index is 13.5. The topological polar surface area (TPSA) is 104 Å². The van der Waals surface area contributed by atoms with Gasteiger partial charge in [0.15, 0.2) is 5.49 Å². The van der Waals surface area contributed by atoms with Gasteiger partial charge < -0.3 is 14.0 Å². The molecule has 4 rings (SSSR count). The molecule has 9 heteroatoms. The van der Waals surface area contributed by atoms with Crippen molar-refractivity contribution in [1.82, 2.24) is 14.0 Å². The van der Waals surface area contributed by atoms with E-state index < -0.39 is 5.97 Å². The summed E-state index contributed by atoms with van der Waals surface area (Å²) in [6.45, 7) is 4.90. The summed E-state index contributed by atoms with van der Waals surface area (Å²) in [7, 11) is 1.61. The van der Waals surface area contributed by atoms with Crippen molar-refractivity contribution < 1.29 is 19.1 Å². The van der Waals surface area contributed by atoms with Gasteiger partial charge in [0.1, 0.15) is 16.9 Å². The van der Waals surface area contributed by atoms with Crippen LogP contribution in [0.3, 0.4) is 0 Å². The largest absolute Gasteiger partial charge is 0.462 e. The number of pyridine rings is 2. The van der Waals surface area contributed by atoms with Crippen molar-refractivity contribution in [3.05, 3.63) is 51.9 Å². The summed E-state index contributed by atoms with van der Waals surface area (Å²) in [4.78, 5) is 49.3. The lowest BCUT2D eigenvalue weighted by atomic mass is 9.79. The van der Waals surface area contributed by atoms with Crippen molar-refractivity contribution in [3.63, 3.8) is 0 Å². The Bertz CT molecular complexity index is 1420. The zero-order valence-electron chi connectivity index (χ0n) is 22.6. The Balaban J connectivity index is 1.87. The van der Waals surface area contributed by atoms with E-state index in [2.05, 4.69) is 11.9 Å². The van der Waals surface area contributed by atoms with Gasteiger partial charge in [-0.15, -0.1) is 0 Å². The van der Waals surface area contributed by atoms with E-state index in [9.17, 15) is 14.4 Å². The molecule has 3 aromatic rings. The highest BCUT2D eigenvalue weighted by Crippen LogP contribution is 2.32. The summed E-state index contributed by atoms with van der Waals surface area (Å²) in [6.07, 6.45) is 9.47. The smallest absolute Gasteiger partial charge is 0.341 e. The van der Waals surface area contributed by atoms with Crippen molar-refractivity contribution in [2.75, 3.05) is 20.3 Å². The first-order valence-corrected chi connectivity index (χ1v) is 13.8. The van der Waals surface area contributed by atoms with Crippen molar-refractivity contribution >= 4 is 28.6 Å². The van der Waals surface area contributed by atoms with E-state index in [0.29, 0.717) is 36.8 Å². The third-order valence-electron chi connectivity index (χ3n) is 7.39. The molecule has 1 fully saturated rings. The monoisotopic (exact) mass is 522 g/mol. The van der Waals surface area contributed by atoms with Crippen molar-refractivity contribution in [3.8, 4) is 0 Å². The van der Waals surface area contributed by atoms with Gasteiger partial charge in [-0.25, -0.2) is 9.78 Å². The zero-order chi connectivity index (χ0) is 27.1. The minimum atomic E-state index is -0.623. The number of hydrogen-bond acceptors (Lipinski definition) is 6. The number of ether oxygens (including phenoxy) is 2. The molecule has 0 aliphatic heterocycles. The number of aryl methyl sites for hydroxylation is 1. The number of nitrogens with zero attached hydrogens (tertiary/aromatic N) is 4. The fourth-order valence-corrected chi connectivity index (χ4v) is 5.32. The van der Waals surface area contributed by atoms with Crippen LogP contribution in [0.1, 0.15) is 75.6 Å². The molecule has 3 aromatic heterocycles. The molecule has 3 heterocycles. The molecule has 0 saturated heterocycles. The second-order valence-electron chi connectivity index (χ2n) is 9.99. The number of esters is 1. The molecule has 0 atom stereocenters. The lowest BCUT2D eigenvalue weighted by Gasteiger charge is -2.26. The lowest BCUT2D eigenvalue weighted by Crippen LogP contribution is -2.34. The van der Waals surface area contributed by atoms with Gasteiger partial charge in [-0.1, -0.05) is 32.3 Å². The number of carbonyl (C=O) groups excluding carboxylic acids is 2. The first-order chi connectivity index (χ1) is 18.5. The van der Waals surface area contributed by atoms with Gasteiger partial charge in [0.2, 0.25) is 0 Å². The second-order valence-corrected chi connectivity index (χ2v) is 9.99. The first-order valence-electron chi connectivity index (χ1n) is 13.8. The molecule has 0 unspecified atom stereocenters. The van der Waals surface area contributed by atoms with Crippen molar-refractivity contribution in [1.29, 1.82) is 0 Å². The second kappa shape index (κ2) is 13.0. The molecular formula is C29H38N4O5. The van der Waals surface area contributed by atoms with Crippen LogP contribution in [-0.2, 0) is 20.8 Å². The molecule has 204 valence electrons. The molecule has 9 nitrogen and oxygen atoms in total. The predicted octanol–water partition coefficient (Wildman–Crippen LogP) is 4.29. The van der Waals surface area contributed by atoms with Crippen LogP contribution in [-0.4, -0.2) is 46.2 Å². The molecule has 1 aliphatic rings. The highest BCUT2D eigenvalue weighted by molar-refractivity contribution is 5.93. The Morgan fingerprint density at radius 3 is 2.63 bits per heavy atom. The molecular weight excluding hydrogens is 484 g/mol. The average Bonchev–Trinajstić information content (AvgIpc) is 2.93. The Morgan fingerprint density at radius 2 is 1.92 bits per heavy atom. The summed E-state index contributed by atoms with van der Waals surface area (Å²) >= 11 is 0. The Kier molecular flexibility index (Phi) is 9.44. The van der Waals surface area contributed by atoms with E-state index in [1.54, 1.807) is 36.9 Å². The van der Waals surface area contributed by atoms with E-state index in [0.717, 1.165) is 25.7 Å². The number of amides is 1. The summed E-state index contributed by atoms with van der Waals surface area (Å²) in [5.41, 5.74) is 0.825. The van der Waals surface area contributed by atoms with Gasteiger partial charge in [0.25, 0.3) is 11.5 Å². The number of carbonyl (C=O) groups is 2. The Hall–Kier alpha value is -3.33. The number of aromatic nitrogens is 3. The quantitative estimate of drug-likeness (QED) is 0.224. The minimum Gasteiger partial charge on any atom is -0.462 e. The fourth-order valence-electron chi connectivity index (χ4n) is 5.32. The maximum Gasteiger partial charge on any atom is 0.341 e. The number of rotatable bonds is 10. The van der Waals surface area contributed by atoms with Crippen LogP contribution in [0.15, 0.2) is 40.2 Å². The van der Waals surface area contributed by atoms with Gasteiger partial charge in [-0.2, -0.15) is 4.99 Å². The third kappa shape index (κ3) is 6.04. The molecule has 0 bridgehead atoms. The van der Waals surface area contributed by atoms with Crippen LogP contribution < -0.4 is 11.0 Å². The van der Waals surface area contributed by atoms with Gasteiger partial charge in [-0.3, -0.25) is 14.0 Å².